The minimum absolute atomic E-state index is 0.0866. The number of carbonyl (C=O) groups is 2. The molecule has 29 heavy (non-hydrogen) atoms. The van der Waals surface area contributed by atoms with Crippen molar-refractivity contribution in [3.05, 3.63) is 47.0 Å². The summed E-state index contributed by atoms with van der Waals surface area (Å²) in [6.45, 7) is 4.38. The second kappa shape index (κ2) is 8.08. The Bertz CT molecular complexity index is 980. The largest absolute Gasteiger partial charge is 0.336 e. The molecule has 3 heterocycles. The summed E-state index contributed by atoms with van der Waals surface area (Å²) in [5.74, 6) is 0.545. The fourth-order valence-corrected chi connectivity index (χ4v) is 4.11. The molecule has 2 amide bonds. The molecule has 7 heteroatoms. The monoisotopic (exact) mass is 391 g/mol. The Morgan fingerprint density at radius 3 is 2.69 bits per heavy atom. The zero-order chi connectivity index (χ0) is 20.4. The third-order valence-corrected chi connectivity index (χ3v) is 5.89. The zero-order valence-corrected chi connectivity index (χ0v) is 16.6. The maximum Gasteiger partial charge on any atom is 0.289 e. The number of imidazole rings is 1. The lowest BCUT2D eigenvalue weighted by Gasteiger charge is -2.30. The first-order valence-electron chi connectivity index (χ1n) is 10.3. The lowest BCUT2D eigenvalue weighted by Crippen LogP contribution is -2.39. The van der Waals surface area contributed by atoms with Gasteiger partial charge in [-0.15, -0.1) is 0 Å². The van der Waals surface area contributed by atoms with Crippen molar-refractivity contribution in [1.82, 2.24) is 14.5 Å². The van der Waals surface area contributed by atoms with Crippen LogP contribution in [0.15, 0.2) is 24.3 Å². The van der Waals surface area contributed by atoms with Gasteiger partial charge in [0.2, 0.25) is 0 Å². The van der Waals surface area contributed by atoms with Crippen molar-refractivity contribution in [2.45, 2.75) is 45.6 Å². The van der Waals surface area contributed by atoms with Crippen LogP contribution < -0.4 is 5.32 Å². The van der Waals surface area contributed by atoms with Crippen LogP contribution in [0, 0.1) is 17.2 Å². The third kappa shape index (κ3) is 3.75. The van der Waals surface area contributed by atoms with Gasteiger partial charge < -0.3 is 14.8 Å². The van der Waals surface area contributed by atoms with E-state index < -0.39 is 0 Å². The quantitative estimate of drug-likeness (QED) is 0.870. The van der Waals surface area contributed by atoms with E-state index >= 15 is 0 Å². The van der Waals surface area contributed by atoms with Gasteiger partial charge in [0, 0.05) is 19.6 Å². The van der Waals surface area contributed by atoms with Crippen molar-refractivity contribution < 1.29 is 9.59 Å². The summed E-state index contributed by atoms with van der Waals surface area (Å²) >= 11 is 0. The van der Waals surface area contributed by atoms with Crippen molar-refractivity contribution in [3.8, 4) is 6.07 Å². The van der Waals surface area contributed by atoms with Crippen molar-refractivity contribution in [2.75, 3.05) is 18.4 Å². The number of nitrogens with one attached hydrogen (secondary N) is 1. The molecular weight excluding hydrogens is 366 g/mol. The number of benzene rings is 1. The molecule has 0 saturated carbocycles. The number of hydrogen-bond donors (Lipinski definition) is 1. The van der Waals surface area contributed by atoms with Crippen LogP contribution >= 0.6 is 0 Å². The van der Waals surface area contributed by atoms with Crippen molar-refractivity contribution in [2.24, 2.45) is 5.92 Å². The Kier molecular flexibility index (Phi) is 5.34. The lowest BCUT2D eigenvalue weighted by molar-refractivity contribution is 0.0678. The number of anilines is 1. The number of rotatable bonds is 3. The standard InChI is InChI=1S/C22H25N5O2/c1-15-9-12-26(13-10-15)22(29)20-25-19(18-8-4-5-11-27(18)20)21(28)24-17-7-3-2-6-16(17)14-23/h2-3,6-7,15H,4-5,8-13H2,1H3,(H,24,28). The Hall–Kier alpha value is -3.14. The van der Waals surface area contributed by atoms with Crippen LogP contribution in [0.25, 0.3) is 0 Å². The van der Waals surface area contributed by atoms with E-state index in [0.717, 1.165) is 50.9 Å². The normalized spacial score (nSPS) is 16.8. The highest BCUT2D eigenvalue weighted by atomic mass is 16.2. The van der Waals surface area contributed by atoms with Crippen LogP contribution in [0.1, 0.15) is 65.0 Å². The Balaban J connectivity index is 1.63. The van der Waals surface area contributed by atoms with Gasteiger partial charge in [-0.1, -0.05) is 19.1 Å². The number of amides is 2. The van der Waals surface area contributed by atoms with Crippen LogP contribution in [0.2, 0.25) is 0 Å². The van der Waals surface area contributed by atoms with E-state index in [1.54, 1.807) is 24.3 Å². The topological polar surface area (TPSA) is 91.0 Å². The predicted molar refractivity (Wildman–Crippen MR) is 109 cm³/mol. The molecule has 0 spiro atoms. The van der Waals surface area contributed by atoms with Gasteiger partial charge in [0.15, 0.2) is 11.5 Å². The molecule has 2 aromatic rings. The molecule has 1 N–H and O–H groups in total. The average molecular weight is 391 g/mol. The summed E-state index contributed by atoms with van der Waals surface area (Å²) in [5.41, 5.74) is 1.96. The number of aromatic nitrogens is 2. The molecule has 1 saturated heterocycles. The minimum atomic E-state index is -0.371. The lowest BCUT2D eigenvalue weighted by atomic mass is 9.99. The molecule has 2 aliphatic rings. The molecule has 150 valence electrons. The predicted octanol–water partition coefficient (Wildman–Crippen LogP) is 3.22. The van der Waals surface area contributed by atoms with E-state index in [4.69, 9.17) is 0 Å². The van der Waals surface area contributed by atoms with Gasteiger partial charge in [0.25, 0.3) is 11.8 Å². The molecule has 1 fully saturated rings. The highest BCUT2D eigenvalue weighted by molar-refractivity contribution is 6.05. The number of nitrogens with zero attached hydrogens (tertiary/aromatic N) is 4. The zero-order valence-electron chi connectivity index (χ0n) is 16.6. The first-order chi connectivity index (χ1) is 14.1. The average Bonchev–Trinajstić information content (AvgIpc) is 3.14. The molecule has 7 nitrogen and oxygen atoms in total. The number of para-hydroxylation sites is 1. The molecule has 4 rings (SSSR count). The van der Waals surface area contributed by atoms with Gasteiger partial charge in [0.05, 0.1) is 16.9 Å². The Morgan fingerprint density at radius 1 is 1.17 bits per heavy atom. The summed E-state index contributed by atoms with van der Waals surface area (Å²) in [6.07, 6.45) is 4.66. The van der Waals surface area contributed by atoms with Crippen LogP contribution in [0.3, 0.4) is 0 Å². The van der Waals surface area contributed by atoms with E-state index in [-0.39, 0.29) is 11.8 Å². The Morgan fingerprint density at radius 2 is 1.93 bits per heavy atom. The first-order valence-corrected chi connectivity index (χ1v) is 10.3. The van der Waals surface area contributed by atoms with Crippen LogP contribution in [0.5, 0.6) is 0 Å². The fourth-order valence-electron chi connectivity index (χ4n) is 4.11. The van der Waals surface area contributed by atoms with Gasteiger partial charge in [-0.05, 0) is 50.2 Å². The highest BCUT2D eigenvalue weighted by Crippen LogP contribution is 2.25. The molecule has 2 aliphatic heterocycles. The summed E-state index contributed by atoms with van der Waals surface area (Å²) < 4.78 is 1.93. The van der Waals surface area contributed by atoms with Crippen LogP contribution in [-0.4, -0.2) is 39.4 Å². The van der Waals surface area contributed by atoms with Crippen molar-refractivity contribution in [1.29, 1.82) is 5.26 Å². The molecule has 0 aliphatic carbocycles. The second-order valence-corrected chi connectivity index (χ2v) is 7.93. The first kappa shape index (κ1) is 19.2. The van der Waals surface area contributed by atoms with E-state index in [2.05, 4.69) is 23.3 Å². The molecule has 0 radical (unpaired) electrons. The molecule has 1 aromatic heterocycles. The van der Waals surface area contributed by atoms with Gasteiger partial charge in [-0.25, -0.2) is 4.98 Å². The smallest absolute Gasteiger partial charge is 0.289 e. The minimum Gasteiger partial charge on any atom is -0.336 e. The maximum absolute atomic E-state index is 13.1. The van der Waals surface area contributed by atoms with Crippen LogP contribution in [0.4, 0.5) is 5.69 Å². The van der Waals surface area contributed by atoms with E-state index in [9.17, 15) is 14.9 Å². The SMILES string of the molecule is CC1CCN(C(=O)c2nc(C(=O)Nc3ccccc3C#N)c3n2CCCC3)CC1. The number of likely N-dealkylation sites (tertiary alicyclic amines) is 1. The molecule has 1 aromatic carbocycles. The van der Waals surface area contributed by atoms with Gasteiger partial charge in [0.1, 0.15) is 6.07 Å². The number of fused-ring (bicyclic) bond motifs is 1. The maximum atomic E-state index is 13.1. The van der Waals surface area contributed by atoms with E-state index in [1.165, 1.54) is 0 Å². The summed E-state index contributed by atoms with van der Waals surface area (Å²) in [5, 5.41) is 12.1. The number of carbonyl (C=O) groups excluding carboxylic acids is 2. The number of hydrogen-bond acceptors (Lipinski definition) is 4. The molecule has 0 unspecified atom stereocenters. The number of piperidine rings is 1. The summed E-state index contributed by atoms with van der Waals surface area (Å²) in [4.78, 5) is 32.5. The van der Waals surface area contributed by atoms with Crippen molar-refractivity contribution >= 4 is 17.5 Å². The molecule has 0 atom stereocenters. The molecular formula is C22H25N5O2. The van der Waals surface area contributed by atoms with Gasteiger partial charge in [-0.3, -0.25) is 9.59 Å². The molecule has 0 bridgehead atoms. The van der Waals surface area contributed by atoms with Gasteiger partial charge in [-0.2, -0.15) is 5.26 Å². The second-order valence-electron chi connectivity index (χ2n) is 7.93. The van der Waals surface area contributed by atoms with E-state index in [1.807, 2.05) is 9.47 Å². The van der Waals surface area contributed by atoms with E-state index in [0.29, 0.717) is 35.2 Å². The van der Waals surface area contributed by atoms with Crippen molar-refractivity contribution in [3.63, 3.8) is 0 Å². The fraction of sp³-hybridized carbons (Fsp3) is 0.455. The highest BCUT2D eigenvalue weighted by Gasteiger charge is 2.31. The number of nitriles is 1. The third-order valence-electron chi connectivity index (χ3n) is 5.89. The Labute approximate surface area is 170 Å². The summed E-state index contributed by atoms with van der Waals surface area (Å²) in [7, 11) is 0. The van der Waals surface area contributed by atoms with Gasteiger partial charge >= 0.3 is 0 Å². The summed E-state index contributed by atoms with van der Waals surface area (Å²) in [6, 6.07) is 8.96. The van der Waals surface area contributed by atoms with Crippen LogP contribution in [-0.2, 0) is 13.0 Å².